The van der Waals surface area contributed by atoms with Crippen molar-refractivity contribution in [2.24, 2.45) is 0 Å². The zero-order valence-corrected chi connectivity index (χ0v) is 11.0. The summed E-state index contributed by atoms with van der Waals surface area (Å²) in [6.07, 6.45) is 0. The van der Waals surface area contributed by atoms with Crippen LogP contribution in [0.2, 0.25) is 0 Å². The van der Waals surface area contributed by atoms with Crippen LogP contribution in [-0.2, 0) is 6.61 Å². The Morgan fingerprint density at radius 2 is 2.00 bits per heavy atom. The Balaban J connectivity index is 2.49. The molecule has 0 atom stereocenters. The van der Waals surface area contributed by atoms with E-state index in [0.717, 1.165) is 55.4 Å². The summed E-state index contributed by atoms with van der Waals surface area (Å²) >= 11 is 1.02. The first-order valence-electron chi connectivity index (χ1n) is 5.31. The molecular weight excluding hydrogens is 211 g/mol. The van der Waals surface area contributed by atoms with Crippen molar-refractivity contribution in [3.8, 4) is 0 Å². The van der Waals surface area contributed by atoms with Gasteiger partial charge in [0.25, 0.3) is 0 Å². The third-order valence-corrected chi connectivity index (χ3v) is 3.53. The molecule has 0 bridgehead atoms. The summed E-state index contributed by atoms with van der Waals surface area (Å²) in [5.74, 6) is 0. The molecule has 0 fully saturated rings. The topological polar surface area (TPSA) is 33.4 Å². The number of furan rings is 1. The molecule has 0 aliphatic rings. The molecule has 1 N–H and O–H groups in total. The normalized spacial score (nSPS) is 11.4. The number of hydrogen-bond acceptors (Lipinski definition) is 2. The molecule has 1 aromatic heterocycles. The quantitative estimate of drug-likeness (QED) is 0.635. The van der Waals surface area contributed by atoms with Gasteiger partial charge in [0.15, 0.2) is 0 Å². The van der Waals surface area contributed by atoms with Gasteiger partial charge in [-0.05, 0) is 0 Å². The molecule has 0 saturated heterocycles. The molecule has 16 heavy (non-hydrogen) atoms. The second-order valence-corrected chi connectivity index (χ2v) is 5.21. The van der Waals surface area contributed by atoms with Crippen LogP contribution in [0.3, 0.4) is 0 Å². The van der Waals surface area contributed by atoms with Crippen molar-refractivity contribution in [1.29, 1.82) is 0 Å². The van der Waals surface area contributed by atoms with Gasteiger partial charge in [-0.1, -0.05) is 0 Å². The van der Waals surface area contributed by atoms with Gasteiger partial charge in [0, 0.05) is 0 Å². The van der Waals surface area contributed by atoms with Crippen LogP contribution in [0.4, 0.5) is 0 Å². The van der Waals surface area contributed by atoms with Crippen molar-refractivity contribution < 1.29 is 9.52 Å². The molecule has 2 aromatic carbocycles. The van der Waals surface area contributed by atoms with E-state index in [0.29, 0.717) is 0 Å². The van der Waals surface area contributed by atoms with E-state index in [1.807, 2.05) is 18.2 Å². The number of rotatable bonds is 1. The molecule has 0 amide bonds. The molecule has 0 saturated carbocycles. The number of aliphatic hydroxyl groups excluding tert-OH is 1. The summed E-state index contributed by atoms with van der Waals surface area (Å²) in [4.78, 5) is 0. The van der Waals surface area contributed by atoms with Crippen molar-refractivity contribution in [3.05, 3.63) is 42.0 Å². The van der Waals surface area contributed by atoms with Crippen LogP contribution in [0.5, 0.6) is 0 Å². The molecule has 0 aliphatic heterocycles. The van der Waals surface area contributed by atoms with E-state index < -0.39 is 0 Å². The minimum absolute atomic E-state index is 0.0187. The predicted octanol–water partition coefficient (Wildman–Crippen LogP) is 1.87. The monoisotopic (exact) mass is 220 g/mol. The summed E-state index contributed by atoms with van der Waals surface area (Å²) in [6, 6.07) is 12.2. The summed E-state index contributed by atoms with van der Waals surface area (Å²) in [5, 5.41) is 11.5. The molecule has 0 radical (unpaired) electrons. The Morgan fingerprint density at radius 3 is 2.81 bits per heavy atom. The summed E-state index contributed by atoms with van der Waals surface area (Å²) in [7, 11) is 0. The van der Waals surface area contributed by atoms with Gasteiger partial charge < -0.3 is 0 Å². The van der Waals surface area contributed by atoms with E-state index in [2.05, 4.69) is 18.2 Å². The van der Waals surface area contributed by atoms with Gasteiger partial charge in [0.2, 0.25) is 0 Å². The van der Waals surface area contributed by atoms with E-state index in [1.165, 1.54) is 2.81 Å². The molecule has 2 nitrogen and oxygen atoms in total. The van der Waals surface area contributed by atoms with Crippen LogP contribution in [0.25, 0.3) is 21.9 Å². The van der Waals surface area contributed by atoms with Gasteiger partial charge >= 0.3 is 111 Å². The first-order chi connectivity index (χ1) is 7.79. The molecule has 3 rings (SSSR count). The number of para-hydroxylation sites is 1. The first kappa shape index (κ1) is 10.4. The van der Waals surface area contributed by atoms with E-state index in [4.69, 9.17) is 4.42 Å². The van der Waals surface area contributed by atoms with Crippen molar-refractivity contribution in [2.75, 3.05) is 0 Å². The molecule has 0 spiro atoms. The van der Waals surface area contributed by atoms with E-state index in [1.54, 1.807) is 0 Å². The summed E-state index contributed by atoms with van der Waals surface area (Å²) in [5.41, 5.74) is 2.58. The fourth-order valence-electron chi connectivity index (χ4n) is 2.09. The predicted molar refractivity (Wildman–Crippen MR) is 65.0 cm³/mol. The van der Waals surface area contributed by atoms with Crippen molar-refractivity contribution in [3.63, 3.8) is 0 Å². The maximum absolute atomic E-state index is 9.26. The standard InChI is InChI=1S/C13H9O2.Na/c14-8-9-4-3-6-11-10-5-1-2-7-12(10)15-13(9)11;/h1,3-7,14H,8H2;. The van der Waals surface area contributed by atoms with Gasteiger partial charge in [0.05, 0.1) is 0 Å². The third-order valence-electron chi connectivity index (χ3n) is 2.91. The maximum atomic E-state index is 9.26. The van der Waals surface area contributed by atoms with Gasteiger partial charge in [-0.25, -0.2) is 0 Å². The van der Waals surface area contributed by atoms with Crippen LogP contribution in [0.15, 0.2) is 40.8 Å². The third kappa shape index (κ3) is 1.50. The summed E-state index contributed by atoms with van der Waals surface area (Å²) in [6.45, 7) is 0.0187. The van der Waals surface area contributed by atoms with E-state index >= 15 is 0 Å². The second-order valence-electron chi connectivity index (χ2n) is 4.05. The fraction of sp³-hybridized carbons (Fsp3) is 0.0769. The van der Waals surface area contributed by atoms with E-state index in [9.17, 15) is 5.11 Å². The molecular formula is C13H9NaO2. The Hall–Kier alpha value is -0.800. The Labute approximate surface area is 110 Å². The van der Waals surface area contributed by atoms with Gasteiger partial charge in [-0.15, -0.1) is 0 Å². The zero-order chi connectivity index (χ0) is 11.1. The average Bonchev–Trinajstić information content (AvgIpc) is 2.65. The average molecular weight is 220 g/mol. The van der Waals surface area contributed by atoms with Crippen LogP contribution < -0.4 is 2.81 Å². The van der Waals surface area contributed by atoms with Crippen molar-refractivity contribution >= 4 is 52.7 Å². The SMILES string of the molecule is OCc1cccc2c1oc1c[c]([Na])ccc12. The summed E-state index contributed by atoms with van der Waals surface area (Å²) < 4.78 is 7.13. The van der Waals surface area contributed by atoms with Crippen molar-refractivity contribution in [2.45, 2.75) is 6.61 Å². The molecule has 3 heteroatoms. The number of fused-ring (bicyclic) bond motifs is 3. The molecule has 3 aromatic rings. The number of aliphatic hydroxyl groups is 1. The van der Waals surface area contributed by atoms with Crippen LogP contribution in [0.1, 0.15) is 5.56 Å². The minimum atomic E-state index is 0.0187. The molecule has 0 aliphatic carbocycles. The van der Waals surface area contributed by atoms with Gasteiger partial charge in [-0.3, -0.25) is 0 Å². The zero-order valence-electron chi connectivity index (χ0n) is 9.03. The van der Waals surface area contributed by atoms with E-state index in [-0.39, 0.29) is 6.61 Å². The Morgan fingerprint density at radius 1 is 1.12 bits per heavy atom. The number of hydrogen-bond donors (Lipinski definition) is 1. The van der Waals surface area contributed by atoms with Crippen LogP contribution in [-0.4, -0.2) is 33.0 Å². The number of benzene rings is 2. The van der Waals surface area contributed by atoms with Crippen LogP contribution >= 0.6 is 0 Å². The van der Waals surface area contributed by atoms with Crippen LogP contribution in [0, 0.1) is 0 Å². The van der Waals surface area contributed by atoms with Crippen molar-refractivity contribution in [1.82, 2.24) is 0 Å². The Kier molecular flexibility index (Phi) is 2.52. The Bertz CT molecular complexity index is 670. The molecule has 74 valence electrons. The molecule has 0 unspecified atom stereocenters. The van der Waals surface area contributed by atoms with Gasteiger partial charge in [0.1, 0.15) is 0 Å². The first-order valence-corrected chi connectivity index (χ1v) is 6.31. The molecule has 1 heterocycles. The second kappa shape index (κ2) is 3.90. The fourth-order valence-corrected chi connectivity index (χ4v) is 2.52. The van der Waals surface area contributed by atoms with Gasteiger partial charge in [-0.2, -0.15) is 0 Å².